The Hall–Kier alpha value is -3.77. The summed E-state index contributed by atoms with van der Waals surface area (Å²) in [4.78, 5) is 25.3. The summed E-state index contributed by atoms with van der Waals surface area (Å²) < 4.78 is 4.81. The molecule has 0 bridgehead atoms. The zero-order valence-electron chi connectivity index (χ0n) is 12.0. The molecule has 0 atom stereocenters. The van der Waals surface area contributed by atoms with Crippen LogP contribution in [0.4, 0.5) is 0 Å². The Labute approximate surface area is 132 Å². The van der Waals surface area contributed by atoms with E-state index in [1.54, 1.807) is 30.3 Å². The highest BCUT2D eigenvalue weighted by atomic mass is 16.7. The quantitative estimate of drug-likeness (QED) is 0.352. The van der Waals surface area contributed by atoms with Gasteiger partial charge < -0.3 is 4.52 Å². The zero-order chi connectivity index (χ0) is 17.3. The van der Waals surface area contributed by atoms with Crippen LogP contribution in [-0.4, -0.2) is 40.2 Å². The van der Waals surface area contributed by atoms with Gasteiger partial charge in [0.15, 0.2) is 0 Å². The number of hydrogen-bond donors (Lipinski definition) is 0. The Morgan fingerprint density at radius 3 is 2.38 bits per heavy atom. The predicted molar refractivity (Wildman–Crippen MR) is 73.3 cm³/mol. The Kier molecular flexibility index (Phi) is 3.44. The molecule has 2 aromatic heterocycles. The van der Waals surface area contributed by atoms with Crippen molar-refractivity contribution in [3.8, 4) is 11.4 Å². The smallest absolute Gasteiger partial charge is 0.322 e. The normalized spacial score (nSPS) is 11.4. The van der Waals surface area contributed by atoms with E-state index in [1.807, 2.05) is 0 Å². The molecule has 3 aromatic rings. The van der Waals surface area contributed by atoms with Gasteiger partial charge in [0.2, 0.25) is 5.82 Å². The molecule has 2 heterocycles. The molecular formula is C11H8N8O5. The fraction of sp³-hybridized carbons (Fsp3) is 0.182. The molecule has 1 aromatic carbocycles. The summed E-state index contributed by atoms with van der Waals surface area (Å²) in [6.45, 7) is 0. The van der Waals surface area contributed by atoms with Crippen LogP contribution in [0.25, 0.3) is 11.4 Å². The molecule has 0 aliphatic rings. The molecule has 0 aliphatic heterocycles. The molecule has 0 aliphatic carbocycles. The van der Waals surface area contributed by atoms with E-state index >= 15 is 0 Å². The molecule has 24 heavy (non-hydrogen) atoms. The van der Waals surface area contributed by atoms with Crippen LogP contribution in [0.15, 0.2) is 34.9 Å². The minimum atomic E-state index is -3.14. The van der Waals surface area contributed by atoms with Gasteiger partial charge in [-0.2, -0.15) is 9.78 Å². The number of aromatic nitrogens is 6. The molecule has 3 rings (SSSR count). The van der Waals surface area contributed by atoms with E-state index in [4.69, 9.17) is 4.52 Å². The Morgan fingerprint density at radius 2 is 1.83 bits per heavy atom. The second kappa shape index (κ2) is 5.45. The summed E-state index contributed by atoms with van der Waals surface area (Å²) in [5.41, 5.74) is -2.67. The number of hydrogen-bond acceptors (Lipinski definition) is 10. The molecule has 0 saturated carbocycles. The summed E-state index contributed by atoms with van der Waals surface area (Å²) in [6, 6.07) is 8.35. The van der Waals surface area contributed by atoms with Gasteiger partial charge >= 0.3 is 17.4 Å². The summed E-state index contributed by atoms with van der Waals surface area (Å²) in [5.74, 6) is -1.70. The standard InChI is InChI=1S/C11H8N8O5/c1-17-14-9(13-16-17)11(18(20)21,19(22)23)10-12-8(15-24-10)7-5-3-2-4-6-7/h2-6H,1H3. The van der Waals surface area contributed by atoms with E-state index in [1.165, 1.54) is 7.05 Å². The second-order valence-corrected chi connectivity index (χ2v) is 4.58. The van der Waals surface area contributed by atoms with E-state index in [-0.39, 0.29) is 5.82 Å². The van der Waals surface area contributed by atoms with E-state index < -0.39 is 27.2 Å². The Balaban J connectivity index is 2.19. The van der Waals surface area contributed by atoms with Gasteiger partial charge in [-0.05, 0) is 5.21 Å². The first kappa shape index (κ1) is 15.1. The minimum absolute atomic E-state index is 0.0393. The maximum Gasteiger partial charge on any atom is 0.598 e. The summed E-state index contributed by atoms with van der Waals surface area (Å²) >= 11 is 0. The Bertz CT molecular complexity index is 890. The molecule has 0 fully saturated rings. The van der Waals surface area contributed by atoms with Crippen molar-refractivity contribution >= 4 is 0 Å². The minimum Gasteiger partial charge on any atom is -0.322 e. The number of nitro groups is 2. The highest BCUT2D eigenvalue weighted by molar-refractivity contribution is 5.53. The van der Waals surface area contributed by atoms with Crippen molar-refractivity contribution in [3.05, 3.63) is 62.3 Å². The molecule has 13 nitrogen and oxygen atoms in total. The fourth-order valence-corrected chi connectivity index (χ4v) is 1.97. The van der Waals surface area contributed by atoms with Crippen molar-refractivity contribution in [2.24, 2.45) is 7.05 Å². The van der Waals surface area contributed by atoms with Gasteiger partial charge in [-0.3, -0.25) is 20.2 Å². The number of tetrazole rings is 1. The molecule has 13 heteroatoms. The monoisotopic (exact) mass is 332 g/mol. The maximum absolute atomic E-state index is 11.5. The molecule has 0 N–H and O–H groups in total. The highest BCUT2D eigenvalue weighted by Crippen LogP contribution is 2.31. The van der Waals surface area contributed by atoms with Gasteiger partial charge in [0.1, 0.15) is 9.85 Å². The molecule has 0 saturated heterocycles. The van der Waals surface area contributed by atoms with Gasteiger partial charge in [-0.25, -0.2) is 0 Å². The first-order valence-electron chi connectivity index (χ1n) is 6.39. The Morgan fingerprint density at radius 1 is 1.17 bits per heavy atom. The van der Waals surface area contributed by atoms with Crippen molar-refractivity contribution in [3.63, 3.8) is 0 Å². The van der Waals surface area contributed by atoms with Crippen LogP contribution >= 0.6 is 0 Å². The van der Waals surface area contributed by atoms with Crippen molar-refractivity contribution < 1.29 is 14.4 Å². The van der Waals surface area contributed by atoms with Crippen LogP contribution in [0.1, 0.15) is 11.7 Å². The van der Waals surface area contributed by atoms with Gasteiger partial charge in [-0.1, -0.05) is 40.6 Å². The van der Waals surface area contributed by atoms with Crippen LogP contribution < -0.4 is 0 Å². The SMILES string of the molecule is Cn1nnc(C(c2nc(-c3ccccc3)no2)([N+](=O)[O-])[N+](=O)[O-])n1. The van der Waals surface area contributed by atoms with Crippen molar-refractivity contribution in [1.82, 2.24) is 30.3 Å². The first-order chi connectivity index (χ1) is 11.5. The van der Waals surface area contributed by atoms with Crippen molar-refractivity contribution in [2.75, 3.05) is 0 Å². The van der Waals surface area contributed by atoms with E-state index in [0.717, 1.165) is 4.80 Å². The average molecular weight is 332 g/mol. The number of rotatable bonds is 5. The van der Waals surface area contributed by atoms with E-state index in [0.29, 0.717) is 5.56 Å². The van der Waals surface area contributed by atoms with Gasteiger partial charge in [0, 0.05) is 5.56 Å². The molecule has 0 amide bonds. The lowest BCUT2D eigenvalue weighted by molar-refractivity contribution is -0.801. The third-order valence-corrected chi connectivity index (χ3v) is 3.10. The lowest BCUT2D eigenvalue weighted by atomic mass is 10.1. The molecule has 0 unspecified atom stereocenters. The lowest BCUT2D eigenvalue weighted by Crippen LogP contribution is -2.46. The third-order valence-electron chi connectivity index (χ3n) is 3.10. The number of aryl methyl sites for hydroxylation is 1. The van der Waals surface area contributed by atoms with Crippen LogP contribution in [0.5, 0.6) is 0 Å². The fourth-order valence-electron chi connectivity index (χ4n) is 1.97. The summed E-state index contributed by atoms with van der Waals surface area (Å²) in [7, 11) is 1.31. The van der Waals surface area contributed by atoms with Crippen LogP contribution in [0, 0.1) is 20.2 Å². The van der Waals surface area contributed by atoms with Gasteiger partial charge in [0.05, 0.1) is 7.05 Å². The summed E-state index contributed by atoms with van der Waals surface area (Å²) in [5, 5.41) is 37.0. The van der Waals surface area contributed by atoms with E-state index in [2.05, 4.69) is 25.6 Å². The van der Waals surface area contributed by atoms with Crippen molar-refractivity contribution in [1.29, 1.82) is 0 Å². The number of benzene rings is 1. The molecular weight excluding hydrogens is 324 g/mol. The van der Waals surface area contributed by atoms with Gasteiger partial charge in [-0.15, -0.1) is 5.10 Å². The molecule has 122 valence electrons. The zero-order valence-corrected chi connectivity index (χ0v) is 12.0. The predicted octanol–water partition coefficient (Wildman–Crippen LogP) is 0.0146. The molecule has 0 spiro atoms. The van der Waals surface area contributed by atoms with Crippen LogP contribution in [0.3, 0.4) is 0 Å². The highest BCUT2D eigenvalue weighted by Gasteiger charge is 2.70. The number of nitrogens with zero attached hydrogens (tertiary/aromatic N) is 8. The average Bonchev–Trinajstić information content (AvgIpc) is 3.19. The first-order valence-corrected chi connectivity index (χ1v) is 6.39. The van der Waals surface area contributed by atoms with Crippen molar-refractivity contribution in [2.45, 2.75) is 5.66 Å². The lowest BCUT2D eigenvalue weighted by Gasteiger charge is -2.08. The van der Waals surface area contributed by atoms with E-state index in [9.17, 15) is 20.2 Å². The maximum atomic E-state index is 11.5. The second-order valence-electron chi connectivity index (χ2n) is 4.58. The topological polar surface area (TPSA) is 169 Å². The summed E-state index contributed by atoms with van der Waals surface area (Å²) in [6.07, 6.45) is 0. The van der Waals surface area contributed by atoms with Crippen LogP contribution in [0.2, 0.25) is 0 Å². The third kappa shape index (κ3) is 2.15. The van der Waals surface area contributed by atoms with Crippen LogP contribution in [-0.2, 0) is 12.7 Å². The van der Waals surface area contributed by atoms with Gasteiger partial charge in [0.25, 0.3) is 0 Å². The largest absolute Gasteiger partial charge is 0.598 e. The molecule has 0 radical (unpaired) electrons.